The molecule has 0 saturated carbocycles. The van der Waals surface area contributed by atoms with E-state index in [1.54, 1.807) is 12.1 Å². The summed E-state index contributed by atoms with van der Waals surface area (Å²) in [4.78, 5) is 12.8. The highest BCUT2D eigenvalue weighted by Gasteiger charge is 2.08. The van der Waals surface area contributed by atoms with Crippen LogP contribution in [0.4, 0.5) is 5.69 Å². The zero-order chi connectivity index (χ0) is 16.2. The second-order valence-electron chi connectivity index (χ2n) is 4.36. The highest BCUT2D eigenvalue weighted by Crippen LogP contribution is 2.20. The second kappa shape index (κ2) is 7.15. The van der Waals surface area contributed by atoms with Crippen LogP contribution < -0.4 is 10.5 Å². The van der Waals surface area contributed by atoms with Crippen molar-refractivity contribution < 1.29 is 13.2 Å². The molecule has 0 radical (unpaired) electrons. The topological polar surface area (TPSA) is 89.3 Å². The molecule has 22 heavy (non-hydrogen) atoms. The first-order chi connectivity index (χ1) is 10.3. The Morgan fingerprint density at radius 3 is 2.23 bits per heavy atom. The molecular weight excluding hydrogens is 344 g/mol. The van der Waals surface area contributed by atoms with Gasteiger partial charge in [0, 0.05) is 15.6 Å². The standard InChI is InChI=1S/C14H13ClN2O3S2/c15-10-1-5-12(6-2-10)21-9-14(18)17-11-3-7-13(8-4-11)22(16,19)20/h1-8H,9H2,(H,17,18)(H2,16,19,20). The van der Waals surface area contributed by atoms with Crippen molar-refractivity contribution in [2.24, 2.45) is 5.14 Å². The van der Waals surface area contributed by atoms with Crippen LogP contribution in [0.3, 0.4) is 0 Å². The Bertz CT molecular complexity index is 760. The third-order valence-electron chi connectivity index (χ3n) is 2.65. The summed E-state index contributed by atoms with van der Waals surface area (Å²) in [5, 5.41) is 8.33. The summed E-state index contributed by atoms with van der Waals surface area (Å²) in [6.45, 7) is 0. The number of nitrogens with two attached hydrogens (primary N) is 1. The molecule has 0 unspecified atom stereocenters. The Morgan fingerprint density at radius 1 is 1.09 bits per heavy atom. The fourth-order valence-corrected chi connectivity index (χ4v) is 2.94. The minimum Gasteiger partial charge on any atom is -0.325 e. The lowest BCUT2D eigenvalue weighted by Gasteiger charge is -2.06. The van der Waals surface area contributed by atoms with E-state index in [1.807, 2.05) is 12.1 Å². The fourth-order valence-electron chi connectivity index (χ4n) is 1.60. The highest BCUT2D eigenvalue weighted by atomic mass is 35.5. The molecule has 0 fully saturated rings. The van der Waals surface area contributed by atoms with Gasteiger partial charge in [0.15, 0.2) is 0 Å². The number of benzene rings is 2. The lowest BCUT2D eigenvalue weighted by atomic mass is 10.3. The Hall–Kier alpha value is -1.54. The first-order valence-electron chi connectivity index (χ1n) is 6.16. The Morgan fingerprint density at radius 2 is 1.68 bits per heavy atom. The molecule has 2 aromatic rings. The van der Waals surface area contributed by atoms with Crippen molar-refractivity contribution >= 4 is 45.0 Å². The number of anilines is 1. The van der Waals surface area contributed by atoms with E-state index in [0.29, 0.717) is 10.7 Å². The maximum absolute atomic E-state index is 11.8. The summed E-state index contributed by atoms with van der Waals surface area (Å²) >= 11 is 7.16. The van der Waals surface area contributed by atoms with E-state index in [0.717, 1.165) is 4.90 Å². The number of nitrogens with one attached hydrogen (secondary N) is 1. The van der Waals surface area contributed by atoms with Crippen molar-refractivity contribution in [2.75, 3.05) is 11.1 Å². The van der Waals surface area contributed by atoms with Crippen molar-refractivity contribution in [1.82, 2.24) is 0 Å². The molecule has 116 valence electrons. The van der Waals surface area contributed by atoms with E-state index in [9.17, 15) is 13.2 Å². The molecule has 0 aliphatic heterocycles. The molecule has 8 heteroatoms. The highest BCUT2D eigenvalue weighted by molar-refractivity contribution is 8.00. The number of primary sulfonamides is 1. The van der Waals surface area contributed by atoms with Crippen molar-refractivity contribution in [3.05, 3.63) is 53.6 Å². The van der Waals surface area contributed by atoms with Crippen molar-refractivity contribution in [1.29, 1.82) is 0 Å². The van der Waals surface area contributed by atoms with E-state index in [1.165, 1.54) is 36.0 Å². The van der Waals surface area contributed by atoms with Gasteiger partial charge in [-0.1, -0.05) is 11.6 Å². The summed E-state index contributed by atoms with van der Waals surface area (Å²) in [5.74, 6) is 0.0433. The molecule has 0 aromatic heterocycles. The zero-order valence-electron chi connectivity index (χ0n) is 11.3. The van der Waals surface area contributed by atoms with Crippen LogP contribution in [0.1, 0.15) is 0 Å². The summed E-state index contributed by atoms with van der Waals surface area (Å²) in [6, 6.07) is 12.9. The predicted molar refractivity (Wildman–Crippen MR) is 88.6 cm³/mol. The number of hydrogen-bond acceptors (Lipinski definition) is 4. The SMILES string of the molecule is NS(=O)(=O)c1ccc(NC(=O)CSc2ccc(Cl)cc2)cc1. The summed E-state index contributed by atoms with van der Waals surface area (Å²) in [5.41, 5.74) is 0.508. The summed E-state index contributed by atoms with van der Waals surface area (Å²) in [6.07, 6.45) is 0. The number of carbonyl (C=O) groups excluding carboxylic acids is 1. The molecule has 5 nitrogen and oxygen atoms in total. The van der Waals surface area contributed by atoms with Gasteiger partial charge in [-0.3, -0.25) is 4.79 Å². The summed E-state index contributed by atoms with van der Waals surface area (Å²) in [7, 11) is -3.73. The van der Waals surface area contributed by atoms with Crippen molar-refractivity contribution in [3.8, 4) is 0 Å². The van der Waals surface area contributed by atoms with Gasteiger partial charge in [0.05, 0.1) is 10.6 Å². The zero-order valence-corrected chi connectivity index (χ0v) is 13.7. The molecule has 2 aromatic carbocycles. The van der Waals surface area contributed by atoms with Crippen molar-refractivity contribution in [3.63, 3.8) is 0 Å². The molecule has 0 saturated heterocycles. The van der Waals surface area contributed by atoms with E-state index >= 15 is 0 Å². The number of halogens is 1. The van der Waals surface area contributed by atoms with Gasteiger partial charge in [-0.05, 0) is 48.5 Å². The quantitative estimate of drug-likeness (QED) is 0.806. The van der Waals surface area contributed by atoms with Gasteiger partial charge < -0.3 is 5.32 Å². The number of thioether (sulfide) groups is 1. The average Bonchev–Trinajstić information content (AvgIpc) is 2.46. The lowest BCUT2D eigenvalue weighted by molar-refractivity contribution is -0.113. The number of hydrogen-bond donors (Lipinski definition) is 2. The third kappa shape index (κ3) is 5.03. The predicted octanol–water partition coefficient (Wildman–Crippen LogP) is 2.72. The number of carbonyl (C=O) groups is 1. The Kier molecular flexibility index (Phi) is 5.47. The van der Waals surface area contributed by atoms with Gasteiger partial charge in [-0.25, -0.2) is 13.6 Å². The van der Waals surface area contributed by atoms with Gasteiger partial charge in [0.1, 0.15) is 0 Å². The fraction of sp³-hybridized carbons (Fsp3) is 0.0714. The molecule has 0 heterocycles. The minimum absolute atomic E-state index is 0.000961. The maximum atomic E-state index is 11.8. The van der Waals surface area contributed by atoms with Gasteiger partial charge >= 0.3 is 0 Å². The van der Waals surface area contributed by atoms with Gasteiger partial charge in [0.25, 0.3) is 0 Å². The number of rotatable bonds is 5. The van der Waals surface area contributed by atoms with Crippen LogP contribution in [-0.2, 0) is 14.8 Å². The number of sulfonamides is 1. The van der Waals surface area contributed by atoms with Gasteiger partial charge in [0.2, 0.25) is 15.9 Å². The summed E-state index contributed by atoms with van der Waals surface area (Å²) < 4.78 is 22.3. The lowest BCUT2D eigenvalue weighted by Crippen LogP contribution is -2.15. The Labute approximate surface area is 137 Å². The molecule has 0 bridgehead atoms. The van der Waals surface area contributed by atoms with Gasteiger partial charge in [-0.2, -0.15) is 0 Å². The van der Waals surface area contributed by atoms with E-state index in [-0.39, 0.29) is 16.6 Å². The van der Waals surface area contributed by atoms with E-state index in [4.69, 9.17) is 16.7 Å². The monoisotopic (exact) mass is 356 g/mol. The van der Waals surface area contributed by atoms with Gasteiger partial charge in [-0.15, -0.1) is 11.8 Å². The maximum Gasteiger partial charge on any atom is 0.238 e. The number of amides is 1. The molecular formula is C14H13ClN2O3S2. The van der Waals surface area contributed by atoms with Crippen LogP contribution in [0.5, 0.6) is 0 Å². The third-order valence-corrected chi connectivity index (χ3v) is 4.84. The van der Waals surface area contributed by atoms with E-state index < -0.39 is 10.0 Å². The van der Waals surface area contributed by atoms with Crippen molar-refractivity contribution in [2.45, 2.75) is 9.79 Å². The molecule has 2 rings (SSSR count). The van der Waals surface area contributed by atoms with Crippen LogP contribution in [0.15, 0.2) is 58.3 Å². The second-order valence-corrected chi connectivity index (χ2v) is 7.41. The first kappa shape index (κ1) is 16.8. The molecule has 1 amide bonds. The molecule has 0 atom stereocenters. The molecule has 0 aliphatic carbocycles. The van der Waals surface area contributed by atoms with E-state index in [2.05, 4.69) is 5.32 Å². The molecule has 3 N–H and O–H groups in total. The van der Waals surface area contributed by atoms with Crippen LogP contribution in [0.2, 0.25) is 5.02 Å². The molecule has 0 spiro atoms. The minimum atomic E-state index is -3.73. The van der Waals surface area contributed by atoms with Crippen LogP contribution in [0.25, 0.3) is 0 Å². The van der Waals surface area contributed by atoms with Crippen LogP contribution in [-0.4, -0.2) is 20.1 Å². The first-order valence-corrected chi connectivity index (χ1v) is 9.07. The average molecular weight is 357 g/mol. The molecule has 0 aliphatic rings. The van der Waals surface area contributed by atoms with Crippen LogP contribution in [0, 0.1) is 0 Å². The largest absolute Gasteiger partial charge is 0.325 e. The Balaban J connectivity index is 1.90. The smallest absolute Gasteiger partial charge is 0.238 e. The van der Waals surface area contributed by atoms with Crippen LogP contribution >= 0.6 is 23.4 Å². The normalized spacial score (nSPS) is 11.2.